The normalized spacial score (nSPS) is 11.2. The average Bonchev–Trinajstić information content (AvgIpc) is 2.78. The average molecular weight is 469 g/mol. The van der Waals surface area contributed by atoms with Crippen molar-refractivity contribution in [3.8, 4) is 0 Å². The van der Waals surface area contributed by atoms with Crippen LogP contribution in [-0.4, -0.2) is 47.0 Å². The van der Waals surface area contributed by atoms with Crippen LogP contribution in [0, 0.1) is 13.8 Å². The number of hydrogen-bond acceptors (Lipinski definition) is 3. The van der Waals surface area contributed by atoms with E-state index in [4.69, 9.17) is 11.6 Å². The van der Waals surface area contributed by atoms with E-state index in [9.17, 15) is 9.59 Å². The first-order chi connectivity index (χ1) is 15.8. The molecule has 0 bridgehead atoms. The van der Waals surface area contributed by atoms with Crippen LogP contribution in [0.15, 0.2) is 47.3 Å². The van der Waals surface area contributed by atoms with Gasteiger partial charge in [-0.1, -0.05) is 31.5 Å². The van der Waals surface area contributed by atoms with Crippen molar-refractivity contribution in [3.63, 3.8) is 0 Å². The Morgan fingerprint density at radius 3 is 2.39 bits per heavy atom. The number of nitrogens with one attached hydrogen (secondary N) is 2. The van der Waals surface area contributed by atoms with E-state index in [1.807, 2.05) is 26.0 Å². The summed E-state index contributed by atoms with van der Waals surface area (Å²) in [5, 5.41) is 4.54. The lowest BCUT2D eigenvalue weighted by Gasteiger charge is -2.25. The van der Waals surface area contributed by atoms with Gasteiger partial charge in [-0.3, -0.25) is 4.79 Å². The standard InChI is InChI=1S/C26H33ClN4O2/c1-5-30(6-2)12-7-13-31(26(33)28-22-10-8-21(27)9-11-22)17-20-16-23-19(4)14-18(3)15-24(23)29-25(20)32/h8-11,14-16H,5-7,12-13,17H2,1-4H3,(H,28,33)(H,29,32). The van der Waals surface area contributed by atoms with E-state index in [0.29, 0.717) is 22.8 Å². The van der Waals surface area contributed by atoms with E-state index in [2.05, 4.69) is 35.1 Å². The second kappa shape index (κ2) is 11.3. The predicted octanol–water partition coefficient (Wildman–Crippen LogP) is 5.56. The number of benzene rings is 2. The summed E-state index contributed by atoms with van der Waals surface area (Å²) >= 11 is 5.97. The van der Waals surface area contributed by atoms with Crippen molar-refractivity contribution < 1.29 is 4.79 Å². The number of carbonyl (C=O) groups is 1. The Bertz CT molecular complexity index is 1150. The molecule has 33 heavy (non-hydrogen) atoms. The Morgan fingerprint density at radius 1 is 1.03 bits per heavy atom. The summed E-state index contributed by atoms with van der Waals surface area (Å²) in [5.41, 5.74) is 4.09. The van der Waals surface area contributed by atoms with E-state index in [1.165, 1.54) is 0 Å². The topological polar surface area (TPSA) is 68.4 Å². The number of nitrogens with zero attached hydrogens (tertiary/aromatic N) is 2. The molecule has 0 atom stereocenters. The molecule has 0 unspecified atom stereocenters. The Labute approximate surface area is 200 Å². The van der Waals surface area contributed by atoms with Crippen molar-refractivity contribution in [1.82, 2.24) is 14.8 Å². The fourth-order valence-electron chi connectivity index (χ4n) is 4.05. The molecule has 2 aromatic carbocycles. The molecule has 2 amide bonds. The van der Waals surface area contributed by atoms with Gasteiger partial charge in [0.25, 0.3) is 5.56 Å². The molecular formula is C26H33ClN4O2. The third-order valence-electron chi connectivity index (χ3n) is 5.93. The number of halogens is 1. The number of fused-ring (bicyclic) bond motifs is 1. The maximum atomic E-state index is 13.2. The molecule has 176 valence electrons. The Kier molecular flexibility index (Phi) is 8.53. The summed E-state index contributed by atoms with van der Waals surface area (Å²) in [6.45, 7) is 11.9. The SMILES string of the molecule is CCN(CC)CCCN(Cc1cc2c(C)cc(C)cc2[nH]c1=O)C(=O)Nc1ccc(Cl)cc1. The molecule has 0 aliphatic rings. The third kappa shape index (κ3) is 6.59. The largest absolute Gasteiger partial charge is 0.322 e. The van der Waals surface area contributed by atoms with Gasteiger partial charge in [-0.05, 0) is 87.4 Å². The van der Waals surface area contributed by atoms with E-state index < -0.39 is 0 Å². The summed E-state index contributed by atoms with van der Waals surface area (Å²) in [5.74, 6) is 0. The second-order valence-corrected chi connectivity index (χ2v) is 8.84. The van der Waals surface area contributed by atoms with Gasteiger partial charge in [0.05, 0.1) is 6.54 Å². The van der Waals surface area contributed by atoms with Crippen molar-refractivity contribution in [3.05, 3.63) is 74.5 Å². The summed E-state index contributed by atoms with van der Waals surface area (Å²) < 4.78 is 0. The molecule has 0 saturated heterocycles. The molecule has 3 rings (SSSR count). The zero-order valence-corrected chi connectivity index (χ0v) is 20.6. The van der Waals surface area contributed by atoms with Crippen LogP contribution >= 0.6 is 11.6 Å². The van der Waals surface area contributed by atoms with Crippen molar-refractivity contribution >= 4 is 34.2 Å². The Balaban J connectivity index is 1.84. The van der Waals surface area contributed by atoms with Gasteiger partial charge in [0.15, 0.2) is 0 Å². The molecule has 1 heterocycles. The summed E-state index contributed by atoms with van der Waals surface area (Å²) in [7, 11) is 0. The van der Waals surface area contributed by atoms with Gasteiger partial charge in [0, 0.05) is 33.7 Å². The van der Waals surface area contributed by atoms with Crippen molar-refractivity contribution in [1.29, 1.82) is 0 Å². The summed E-state index contributed by atoms with van der Waals surface area (Å²) in [6.07, 6.45) is 0.819. The number of pyridine rings is 1. The van der Waals surface area contributed by atoms with Crippen LogP contribution in [0.25, 0.3) is 10.9 Å². The maximum Gasteiger partial charge on any atom is 0.322 e. The fraction of sp³-hybridized carbons (Fsp3) is 0.385. The van der Waals surface area contributed by atoms with Gasteiger partial charge in [-0.25, -0.2) is 4.79 Å². The highest BCUT2D eigenvalue weighted by molar-refractivity contribution is 6.30. The fourth-order valence-corrected chi connectivity index (χ4v) is 4.18. The van der Waals surface area contributed by atoms with Crippen LogP contribution in [0.2, 0.25) is 5.02 Å². The molecule has 0 fully saturated rings. The maximum absolute atomic E-state index is 13.2. The lowest BCUT2D eigenvalue weighted by atomic mass is 10.0. The lowest BCUT2D eigenvalue weighted by Crippen LogP contribution is -2.38. The number of anilines is 1. The second-order valence-electron chi connectivity index (χ2n) is 8.41. The number of aromatic nitrogens is 1. The number of rotatable bonds is 9. The first-order valence-corrected chi connectivity index (χ1v) is 11.9. The highest BCUT2D eigenvalue weighted by Crippen LogP contribution is 2.20. The number of hydrogen-bond donors (Lipinski definition) is 2. The van der Waals surface area contributed by atoms with E-state index in [1.54, 1.807) is 29.2 Å². The van der Waals surface area contributed by atoms with Crippen molar-refractivity contribution in [2.24, 2.45) is 0 Å². The number of aromatic amines is 1. The minimum absolute atomic E-state index is 0.166. The molecule has 0 spiro atoms. The highest BCUT2D eigenvalue weighted by Gasteiger charge is 2.17. The molecular weight excluding hydrogens is 436 g/mol. The third-order valence-corrected chi connectivity index (χ3v) is 6.18. The number of H-pyrrole nitrogens is 1. The van der Waals surface area contributed by atoms with Gasteiger partial charge < -0.3 is 20.1 Å². The van der Waals surface area contributed by atoms with Gasteiger partial charge in [-0.2, -0.15) is 0 Å². The zero-order valence-electron chi connectivity index (χ0n) is 19.9. The summed E-state index contributed by atoms with van der Waals surface area (Å²) in [4.78, 5) is 33.0. The zero-order chi connectivity index (χ0) is 24.0. The molecule has 2 N–H and O–H groups in total. The monoisotopic (exact) mass is 468 g/mol. The van der Waals surface area contributed by atoms with Crippen LogP contribution in [0.3, 0.4) is 0 Å². The van der Waals surface area contributed by atoms with Gasteiger partial charge in [0.2, 0.25) is 0 Å². The minimum Gasteiger partial charge on any atom is -0.322 e. The smallest absolute Gasteiger partial charge is 0.322 e. The van der Waals surface area contributed by atoms with Gasteiger partial charge in [0.1, 0.15) is 0 Å². The predicted molar refractivity (Wildman–Crippen MR) is 137 cm³/mol. The lowest BCUT2D eigenvalue weighted by molar-refractivity contribution is 0.202. The molecule has 0 aliphatic carbocycles. The number of amides is 2. The van der Waals surface area contributed by atoms with Crippen LogP contribution in [0.5, 0.6) is 0 Å². The number of aryl methyl sites for hydroxylation is 2. The van der Waals surface area contributed by atoms with Crippen LogP contribution in [-0.2, 0) is 6.54 Å². The molecule has 0 saturated carbocycles. The first-order valence-electron chi connectivity index (χ1n) is 11.5. The van der Waals surface area contributed by atoms with Gasteiger partial charge in [-0.15, -0.1) is 0 Å². The molecule has 0 aliphatic heterocycles. The molecule has 0 radical (unpaired) electrons. The van der Waals surface area contributed by atoms with E-state index in [0.717, 1.165) is 48.1 Å². The summed E-state index contributed by atoms with van der Waals surface area (Å²) in [6, 6.07) is 12.8. The quantitative estimate of drug-likeness (QED) is 0.431. The van der Waals surface area contributed by atoms with E-state index >= 15 is 0 Å². The van der Waals surface area contributed by atoms with Crippen LogP contribution in [0.1, 0.15) is 37.0 Å². The van der Waals surface area contributed by atoms with Crippen molar-refractivity contribution in [2.75, 3.05) is 31.5 Å². The van der Waals surface area contributed by atoms with Crippen LogP contribution < -0.4 is 10.9 Å². The Morgan fingerprint density at radius 2 is 1.73 bits per heavy atom. The van der Waals surface area contributed by atoms with Gasteiger partial charge >= 0.3 is 6.03 Å². The minimum atomic E-state index is -0.239. The molecule has 3 aromatic rings. The number of urea groups is 1. The molecule has 1 aromatic heterocycles. The Hall–Kier alpha value is -2.83. The van der Waals surface area contributed by atoms with Crippen LogP contribution in [0.4, 0.5) is 10.5 Å². The number of carbonyl (C=O) groups excluding carboxylic acids is 1. The highest BCUT2D eigenvalue weighted by atomic mass is 35.5. The van der Waals surface area contributed by atoms with E-state index in [-0.39, 0.29) is 18.1 Å². The molecule has 6 nitrogen and oxygen atoms in total. The first kappa shape index (κ1) is 24.8. The van der Waals surface area contributed by atoms with Crippen molar-refractivity contribution in [2.45, 2.75) is 40.7 Å². The molecule has 7 heteroatoms.